The van der Waals surface area contributed by atoms with E-state index in [1.807, 2.05) is 0 Å². The number of ether oxygens (including phenoxy) is 1. The van der Waals surface area contributed by atoms with E-state index < -0.39 is 17.7 Å². The fourth-order valence-corrected chi connectivity index (χ4v) is 3.66. The Hall–Kier alpha value is -2.32. The first-order valence-corrected chi connectivity index (χ1v) is 10.6. The molecule has 1 amide bonds. The molecule has 1 heterocycles. The molecule has 0 aromatic heterocycles. The second-order valence-electron chi connectivity index (χ2n) is 6.55. The fraction of sp³-hybridized carbons (Fsp3) is 0.182. The predicted molar refractivity (Wildman–Crippen MR) is 118 cm³/mol. The Balaban J connectivity index is 2.03. The Morgan fingerprint density at radius 3 is 1.87 bits per heavy atom. The summed E-state index contributed by atoms with van der Waals surface area (Å²) in [5.74, 6) is -1.40. The summed E-state index contributed by atoms with van der Waals surface area (Å²) in [6.45, 7) is 1.78. The number of rotatable bonds is 3. The van der Waals surface area contributed by atoms with Crippen molar-refractivity contribution in [1.29, 1.82) is 0 Å². The first-order valence-electron chi connectivity index (χ1n) is 9.06. The third-order valence-corrected chi connectivity index (χ3v) is 5.40. The molecule has 1 aliphatic rings. The molecule has 0 spiro atoms. The third-order valence-electron chi connectivity index (χ3n) is 4.42. The molecule has 3 rings (SSSR count). The van der Waals surface area contributed by atoms with E-state index in [9.17, 15) is 18.4 Å². The van der Waals surface area contributed by atoms with Gasteiger partial charge in [0.25, 0.3) is 0 Å². The zero-order valence-electron chi connectivity index (χ0n) is 15.9. The standard InChI is InChI=1S/C22H17Br2F2NO3/c1-2-30-22(29)27-11-15(7-13-3-5-17(23)9-19(13)25)21(28)16(12-27)8-14-4-6-18(24)10-20(14)26/h3-10H,2,11-12H2,1H3/b15-7+,16-8+. The molecule has 1 fully saturated rings. The molecule has 0 atom stereocenters. The van der Waals surface area contributed by atoms with Gasteiger partial charge in [-0.15, -0.1) is 0 Å². The molecule has 2 aromatic rings. The number of carbonyl (C=O) groups is 2. The lowest BCUT2D eigenvalue weighted by Crippen LogP contribution is -2.41. The first kappa shape index (κ1) is 22.4. The number of amides is 1. The number of carbonyl (C=O) groups excluding carboxylic acids is 2. The molecule has 2 aromatic carbocycles. The van der Waals surface area contributed by atoms with Crippen LogP contribution in [0.15, 0.2) is 56.5 Å². The van der Waals surface area contributed by atoms with Gasteiger partial charge in [0.15, 0.2) is 5.78 Å². The average molecular weight is 541 g/mol. The normalized spacial score (nSPS) is 17.0. The Morgan fingerprint density at radius 2 is 1.47 bits per heavy atom. The van der Waals surface area contributed by atoms with Crippen molar-refractivity contribution in [3.63, 3.8) is 0 Å². The monoisotopic (exact) mass is 539 g/mol. The van der Waals surface area contributed by atoms with Crippen molar-refractivity contribution in [2.75, 3.05) is 19.7 Å². The lowest BCUT2D eigenvalue weighted by atomic mass is 9.94. The van der Waals surface area contributed by atoms with Gasteiger partial charge in [0.1, 0.15) is 11.6 Å². The molecule has 0 radical (unpaired) electrons. The van der Waals surface area contributed by atoms with E-state index in [1.54, 1.807) is 19.1 Å². The Morgan fingerprint density at radius 1 is 1.00 bits per heavy atom. The largest absolute Gasteiger partial charge is 0.450 e. The van der Waals surface area contributed by atoms with Gasteiger partial charge < -0.3 is 4.74 Å². The summed E-state index contributed by atoms with van der Waals surface area (Å²) < 4.78 is 34.8. The van der Waals surface area contributed by atoms with Crippen LogP contribution in [0.2, 0.25) is 0 Å². The Kier molecular flexibility index (Phi) is 7.20. The summed E-state index contributed by atoms with van der Waals surface area (Å²) in [4.78, 5) is 26.7. The molecule has 4 nitrogen and oxygen atoms in total. The second-order valence-corrected chi connectivity index (χ2v) is 8.39. The van der Waals surface area contributed by atoms with Crippen LogP contribution in [0, 0.1) is 11.6 Å². The van der Waals surface area contributed by atoms with Gasteiger partial charge in [-0.2, -0.15) is 0 Å². The molecule has 8 heteroatoms. The van der Waals surface area contributed by atoms with Crippen molar-refractivity contribution < 1.29 is 23.1 Å². The van der Waals surface area contributed by atoms with E-state index in [2.05, 4.69) is 31.9 Å². The maximum atomic E-state index is 14.3. The fourth-order valence-electron chi connectivity index (χ4n) is 3.00. The van der Waals surface area contributed by atoms with Crippen molar-refractivity contribution in [2.24, 2.45) is 0 Å². The van der Waals surface area contributed by atoms with Crippen molar-refractivity contribution in [3.8, 4) is 0 Å². The van der Waals surface area contributed by atoms with Gasteiger partial charge in [-0.05, 0) is 43.3 Å². The number of hydrogen-bond donors (Lipinski definition) is 0. The molecular formula is C22H17Br2F2NO3. The molecule has 0 saturated carbocycles. The van der Waals surface area contributed by atoms with Crippen molar-refractivity contribution in [3.05, 3.63) is 79.3 Å². The highest BCUT2D eigenvalue weighted by Gasteiger charge is 2.30. The van der Waals surface area contributed by atoms with Gasteiger partial charge in [0, 0.05) is 31.2 Å². The second kappa shape index (κ2) is 9.66. The number of hydrogen-bond acceptors (Lipinski definition) is 3. The number of benzene rings is 2. The quantitative estimate of drug-likeness (QED) is 0.449. The number of nitrogens with zero attached hydrogens (tertiary/aromatic N) is 1. The number of Topliss-reactive ketones (excluding diaryl/α,β-unsaturated/α-hetero) is 1. The summed E-state index contributed by atoms with van der Waals surface area (Å²) in [6.07, 6.45) is 2.21. The molecule has 0 bridgehead atoms. The van der Waals surface area contributed by atoms with Crippen LogP contribution >= 0.6 is 31.9 Å². The van der Waals surface area contributed by atoms with Crippen LogP contribution in [0.1, 0.15) is 18.1 Å². The number of halogens is 4. The minimum absolute atomic E-state index is 0.0344. The van der Waals surface area contributed by atoms with Crippen LogP contribution in [-0.2, 0) is 9.53 Å². The van der Waals surface area contributed by atoms with E-state index in [4.69, 9.17) is 4.74 Å². The van der Waals surface area contributed by atoms with Crippen LogP contribution in [-0.4, -0.2) is 36.5 Å². The average Bonchev–Trinajstić information content (AvgIpc) is 2.69. The summed E-state index contributed by atoms with van der Waals surface area (Å²) in [5.41, 5.74) is 0.835. The van der Waals surface area contributed by atoms with Gasteiger partial charge in [-0.25, -0.2) is 13.6 Å². The Bertz CT molecular complexity index is 993. The van der Waals surface area contributed by atoms with E-state index in [0.29, 0.717) is 8.95 Å². The maximum Gasteiger partial charge on any atom is 0.410 e. The molecule has 30 heavy (non-hydrogen) atoms. The van der Waals surface area contributed by atoms with Crippen molar-refractivity contribution in [1.82, 2.24) is 4.90 Å². The van der Waals surface area contributed by atoms with Crippen LogP contribution < -0.4 is 0 Å². The molecule has 156 valence electrons. The van der Waals surface area contributed by atoms with Gasteiger partial charge >= 0.3 is 6.09 Å². The number of ketones is 1. The lowest BCUT2D eigenvalue weighted by Gasteiger charge is -2.29. The first-order chi connectivity index (χ1) is 14.3. The highest BCUT2D eigenvalue weighted by atomic mass is 79.9. The van der Waals surface area contributed by atoms with Crippen molar-refractivity contribution >= 4 is 55.9 Å². The number of likely N-dealkylation sites (tertiary alicyclic amines) is 1. The van der Waals surface area contributed by atoms with E-state index in [-0.39, 0.29) is 47.8 Å². The molecule has 1 saturated heterocycles. The summed E-state index contributed by atoms with van der Waals surface area (Å²) in [7, 11) is 0. The SMILES string of the molecule is CCOC(=O)N1C/C(=C\c2ccc(Br)cc2F)C(=O)/C(=C/c2ccc(Br)cc2F)C1. The Labute approximate surface area is 189 Å². The summed E-state index contributed by atoms with van der Waals surface area (Å²) in [5, 5.41) is 0. The molecular weight excluding hydrogens is 524 g/mol. The van der Waals surface area contributed by atoms with Crippen LogP contribution in [0.4, 0.5) is 13.6 Å². The lowest BCUT2D eigenvalue weighted by molar-refractivity contribution is -0.113. The van der Waals surface area contributed by atoms with E-state index >= 15 is 0 Å². The van der Waals surface area contributed by atoms with Crippen molar-refractivity contribution in [2.45, 2.75) is 6.92 Å². The van der Waals surface area contributed by atoms with E-state index in [0.717, 1.165) is 0 Å². The maximum absolute atomic E-state index is 14.3. The topological polar surface area (TPSA) is 46.6 Å². The summed E-state index contributed by atoms with van der Waals surface area (Å²) >= 11 is 6.39. The zero-order chi connectivity index (χ0) is 21.8. The summed E-state index contributed by atoms with van der Waals surface area (Å²) in [6, 6.07) is 8.94. The van der Waals surface area contributed by atoms with Gasteiger partial charge in [0.2, 0.25) is 0 Å². The van der Waals surface area contributed by atoms with Gasteiger partial charge in [-0.1, -0.05) is 44.0 Å². The molecule has 0 unspecified atom stereocenters. The van der Waals surface area contributed by atoms with Crippen LogP contribution in [0.3, 0.4) is 0 Å². The van der Waals surface area contributed by atoms with Crippen LogP contribution in [0.5, 0.6) is 0 Å². The zero-order valence-corrected chi connectivity index (χ0v) is 19.1. The minimum atomic E-state index is -0.602. The highest BCUT2D eigenvalue weighted by Crippen LogP contribution is 2.26. The van der Waals surface area contributed by atoms with Gasteiger partial charge in [0.05, 0.1) is 19.7 Å². The van der Waals surface area contributed by atoms with Gasteiger partial charge in [-0.3, -0.25) is 9.69 Å². The van der Waals surface area contributed by atoms with Crippen LogP contribution in [0.25, 0.3) is 12.2 Å². The van der Waals surface area contributed by atoms with E-state index in [1.165, 1.54) is 41.3 Å². The number of piperidine rings is 1. The third kappa shape index (κ3) is 5.23. The molecule has 1 aliphatic heterocycles. The smallest absolute Gasteiger partial charge is 0.410 e. The minimum Gasteiger partial charge on any atom is -0.450 e. The predicted octanol–water partition coefficient (Wildman–Crippen LogP) is 6.00. The highest BCUT2D eigenvalue weighted by molar-refractivity contribution is 9.10. The molecule has 0 aliphatic carbocycles. The molecule has 0 N–H and O–H groups in total.